The molecule has 1 aromatic heterocycles. The Bertz CT molecular complexity index is 1290. The number of hydrogen-bond donors (Lipinski definition) is 1. The molecule has 0 spiro atoms. The average molecular weight is 563 g/mol. The lowest BCUT2D eigenvalue weighted by molar-refractivity contribution is -0.605. The fraction of sp³-hybridized carbons (Fsp3) is 0.500. The summed E-state index contributed by atoms with van der Waals surface area (Å²) >= 11 is 0. The third-order valence-electron chi connectivity index (χ3n) is 8.32. The van der Waals surface area contributed by atoms with E-state index in [1.54, 1.807) is 17.0 Å². The largest absolute Gasteiger partial charge is 0.619 e. The van der Waals surface area contributed by atoms with Gasteiger partial charge in [-0.25, -0.2) is 0 Å². The number of piperazine rings is 1. The van der Waals surface area contributed by atoms with Crippen LogP contribution in [-0.4, -0.2) is 103 Å². The second kappa shape index (κ2) is 11.9. The number of likely N-dealkylation sites (tertiary alicyclic amines) is 2. The van der Waals surface area contributed by atoms with Gasteiger partial charge in [0, 0.05) is 56.1 Å². The Morgan fingerprint density at radius 3 is 2.24 bits per heavy atom. The molecule has 1 N–H and O–H groups in total. The first-order valence-corrected chi connectivity index (χ1v) is 14.3. The van der Waals surface area contributed by atoms with Crippen molar-refractivity contribution in [2.24, 2.45) is 5.92 Å². The zero-order valence-electron chi connectivity index (χ0n) is 23.9. The second-order valence-corrected chi connectivity index (χ2v) is 11.7. The molecule has 3 amide bonds. The van der Waals surface area contributed by atoms with Crippen molar-refractivity contribution in [3.8, 4) is 0 Å². The minimum absolute atomic E-state index is 0.0922. The number of nitrogens with one attached hydrogen (secondary N) is 1. The first-order chi connectivity index (χ1) is 19.6. The van der Waals surface area contributed by atoms with Gasteiger partial charge in [-0.3, -0.25) is 19.2 Å². The first-order valence-electron chi connectivity index (χ1n) is 14.3. The van der Waals surface area contributed by atoms with Crippen LogP contribution in [0.2, 0.25) is 0 Å². The Morgan fingerprint density at radius 2 is 1.61 bits per heavy atom. The number of ketones is 1. The zero-order valence-corrected chi connectivity index (χ0v) is 23.9. The third kappa shape index (κ3) is 6.04. The molecule has 41 heavy (non-hydrogen) atoms. The number of anilines is 1. The summed E-state index contributed by atoms with van der Waals surface area (Å²) in [6.07, 6.45) is 3.38. The van der Waals surface area contributed by atoms with Crippen LogP contribution < -0.4 is 14.9 Å². The van der Waals surface area contributed by atoms with Crippen molar-refractivity contribution in [3.63, 3.8) is 0 Å². The fourth-order valence-electron chi connectivity index (χ4n) is 6.08. The highest BCUT2D eigenvalue weighted by Gasteiger charge is 2.52. The van der Waals surface area contributed by atoms with Gasteiger partial charge in [0.15, 0.2) is 18.2 Å². The third-order valence-corrected chi connectivity index (χ3v) is 8.32. The molecule has 0 aliphatic carbocycles. The number of aromatic nitrogens is 1. The number of carbonyl (C=O) groups excluding carboxylic acids is 4. The number of carbonyl (C=O) groups is 4. The predicted molar refractivity (Wildman–Crippen MR) is 152 cm³/mol. The Kier molecular flexibility index (Phi) is 8.25. The zero-order chi connectivity index (χ0) is 29.3. The van der Waals surface area contributed by atoms with E-state index in [1.807, 2.05) is 26.0 Å². The van der Waals surface area contributed by atoms with E-state index in [0.717, 1.165) is 31.9 Å². The monoisotopic (exact) mass is 562 g/mol. The normalized spacial score (nSPS) is 21.8. The summed E-state index contributed by atoms with van der Waals surface area (Å²) in [6, 6.07) is 8.34. The number of rotatable bonds is 7. The standard InChI is InChI=1S/C30H38N6O5/c1-20(2)18-24(31-28(38)21-4-6-23(7-5-21)33-16-14-32(3)15-17-33)30(40)35-13-10-25-27(35)26(37)19-36(25)29(39)22-8-11-34(41)12-9-22/h4-9,11-12,20,24-25,27H,10,13-19H2,1-3H3,(H,31,38). The number of amides is 3. The van der Waals surface area contributed by atoms with Crippen molar-refractivity contribution in [1.29, 1.82) is 0 Å². The van der Waals surface area contributed by atoms with Crippen LogP contribution in [0.15, 0.2) is 48.8 Å². The minimum atomic E-state index is -0.794. The highest BCUT2D eigenvalue weighted by molar-refractivity contribution is 6.03. The number of fused-ring (bicyclic) bond motifs is 1. The predicted octanol–water partition coefficient (Wildman–Crippen LogP) is 0.911. The summed E-state index contributed by atoms with van der Waals surface area (Å²) < 4.78 is 0.593. The van der Waals surface area contributed by atoms with E-state index in [-0.39, 0.29) is 36.0 Å². The van der Waals surface area contributed by atoms with Crippen LogP contribution in [0.3, 0.4) is 0 Å². The molecule has 218 valence electrons. The van der Waals surface area contributed by atoms with Crippen LogP contribution in [0.1, 0.15) is 47.4 Å². The van der Waals surface area contributed by atoms with E-state index in [0.29, 0.717) is 35.2 Å². The van der Waals surface area contributed by atoms with Gasteiger partial charge in [0.1, 0.15) is 12.1 Å². The van der Waals surface area contributed by atoms with Gasteiger partial charge in [0.2, 0.25) is 5.91 Å². The Balaban J connectivity index is 1.27. The molecule has 1 aromatic carbocycles. The van der Waals surface area contributed by atoms with Crippen molar-refractivity contribution in [2.75, 3.05) is 51.2 Å². The van der Waals surface area contributed by atoms with Crippen molar-refractivity contribution < 1.29 is 23.9 Å². The van der Waals surface area contributed by atoms with E-state index in [4.69, 9.17) is 0 Å². The maximum absolute atomic E-state index is 13.8. The number of benzene rings is 1. The highest BCUT2D eigenvalue weighted by atomic mass is 16.5. The summed E-state index contributed by atoms with van der Waals surface area (Å²) in [6.45, 7) is 8.03. The van der Waals surface area contributed by atoms with E-state index in [2.05, 4.69) is 22.2 Å². The summed E-state index contributed by atoms with van der Waals surface area (Å²) in [5, 5.41) is 14.3. The van der Waals surface area contributed by atoms with Gasteiger partial charge in [-0.15, -0.1) is 0 Å². The van der Waals surface area contributed by atoms with Gasteiger partial charge < -0.3 is 30.1 Å². The van der Waals surface area contributed by atoms with Crippen LogP contribution in [0.25, 0.3) is 0 Å². The molecule has 3 aliphatic heterocycles. The maximum Gasteiger partial charge on any atom is 0.255 e. The fourth-order valence-corrected chi connectivity index (χ4v) is 6.08. The van der Waals surface area contributed by atoms with Gasteiger partial charge in [-0.05, 0) is 50.1 Å². The summed E-state index contributed by atoms with van der Waals surface area (Å²) in [7, 11) is 2.11. The lowest BCUT2D eigenvalue weighted by atomic mass is 10.0. The molecular weight excluding hydrogens is 524 g/mol. The summed E-state index contributed by atoms with van der Waals surface area (Å²) in [5.74, 6) is -1.05. The van der Waals surface area contributed by atoms with Crippen molar-refractivity contribution >= 4 is 29.2 Å². The summed E-state index contributed by atoms with van der Waals surface area (Å²) in [4.78, 5) is 60.9. The van der Waals surface area contributed by atoms with Crippen LogP contribution in [0.4, 0.5) is 5.69 Å². The maximum atomic E-state index is 13.8. The molecule has 4 heterocycles. The molecule has 3 fully saturated rings. The van der Waals surface area contributed by atoms with Crippen LogP contribution in [-0.2, 0) is 9.59 Å². The Labute approximate surface area is 240 Å². The molecule has 2 aromatic rings. The van der Waals surface area contributed by atoms with E-state index < -0.39 is 18.1 Å². The smallest absolute Gasteiger partial charge is 0.255 e. The quantitative estimate of drug-likeness (QED) is 0.394. The van der Waals surface area contributed by atoms with Crippen molar-refractivity contribution in [2.45, 2.75) is 44.8 Å². The molecule has 0 bridgehead atoms. The van der Waals surface area contributed by atoms with Gasteiger partial charge in [-0.2, -0.15) is 4.73 Å². The highest BCUT2D eigenvalue weighted by Crippen LogP contribution is 2.32. The topological polar surface area (TPSA) is 120 Å². The molecule has 0 saturated carbocycles. The SMILES string of the molecule is CC(C)CC(NC(=O)c1ccc(N2CCN(C)CC2)cc1)C(=O)N1CCC2C1C(=O)CN2C(=O)c1cc[n+]([O-])cc1. The van der Waals surface area contributed by atoms with Crippen LogP contribution >= 0.6 is 0 Å². The molecule has 5 rings (SSSR count). The van der Waals surface area contributed by atoms with Gasteiger partial charge in [0.05, 0.1) is 18.2 Å². The first kappa shape index (κ1) is 28.5. The molecule has 11 nitrogen and oxygen atoms in total. The number of nitrogens with zero attached hydrogens (tertiary/aromatic N) is 5. The number of likely N-dealkylation sites (N-methyl/N-ethyl adjacent to an activating group) is 1. The minimum Gasteiger partial charge on any atom is -0.619 e. The molecule has 3 saturated heterocycles. The van der Waals surface area contributed by atoms with Gasteiger partial charge in [-0.1, -0.05) is 13.8 Å². The van der Waals surface area contributed by atoms with Gasteiger partial charge >= 0.3 is 0 Å². The van der Waals surface area contributed by atoms with E-state index in [1.165, 1.54) is 29.4 Å². The van der Waals surface area contributed by atoms with Crippen molar-refractivity contribution in [1.82, 2.24) is 20.0 Å². The molecule has 0 radical (unpaired) electrons. The van der Waals surface area contributed by atoms with Gasteiger partial charge in [0.25, 0.3) is 11.8 Å². The molecule has 3 aliphatic rings. The Hall–Kier alpha value is -3.99. The Morgan fingerprint density at radius 1 is 0.951 bits per heavy atom. The van der Waals surface area contributed by atoms with E-state index >= 15 is 0 Å². The number of Topliss-reactive ketones (excluding diaryl/α,β-unsaturated/α-hetero) is 1. The van der Waals surface area contributed by atoms with E-state index in [9.17, 15) is 24.4 Å². The summed E-state index contributed by atoms with van der Waals surface area (Å²) in [5.41, 5.74) is 1.85. The van der Waals surface area contributed by atoms with Crippen LogP contribution in [0, 0.1) is 11.1 Å². The van der Waals surface area contributed by atoms with Crippen LogP contribution in [0.5, 0.6) is 0 Å². The molecule has 3 unspecified atom stereocenters. The molecule has 3 atom stereocenters. The number of pyridine rings is 1. The van der Waals surface area contributed by atoms with Crippen molar-refractivity contribution in [3.05, 3.63) is 65.1 Å². The second-order valence-electron chi connectivity index (χ2n) is 11.7. The molecular formula is C30H38N6O5. The lowest BCUT2D eigenvalue weighted by Crippen LogP contribution is -2.53. The lowest BCUT2D eigenvalue weighted by Gasteiger charge is -2.34. The molecule has 11 heteroatoms. The number of hydrogen-bond acceptors (Lipinski definition) is 7. The average Bonchev–Trinajstić information content (AvgIpc) is 3.54.